The van der Waals surface area contributed by atoms with Crippen molar-refractivity contribution in [2.24, 2.45) is 0 Å². The molecule has 1 aliphatic rings. The van der Waals surface area contributed by atoms with Gasteiger partial charge in [0.25, 0.3) is 0 Å². The van der Waals surface area contributed by atoms with Crippen LogP contribution in [0.2, 0.25) is 0 Å². The summed E-state index contributed by atoms with van der Waals surface area (Å²) in [6.45, 7) is 7.21. The molecule has 0 amide bonds. The molecule has 1 aliphatic heterocycles. The van der Waals surface area contributed by atoms with Crippen molar-refractivity contribution in [2.75, 3.05) is 26.8 Å². The van der Waals surface area contributed by atoms with Crippen LogP contribution in [0, 0.1) is 13.8 Å². The van der Waals surface area contributed by atoms with Gasteiger partial charge < -0.3 is 9.47 Å². The van der Waals surface area contributed by atoms with Crippen LogP contribution in [0.5, 0.6) is 5.75 Å². The second kappa shape index (κ2) is 7.28. The summed E-state index contributed by atoms with van der Waals surface area (Å²) in [5.41, 5.74) is 2.08. The molecule has 0 N–H and O–H groups in total. The van der Waals surface area contributed by atoms with Crippen molar-refractivity contribution in [1.82, 2.24) is 14.9 Å². The lowest BCUT2D eigenvalue weighted by atomic mass is 10.0. The molecule has 0 aliphatic carbocycles. The largest absolute Gasteiger partial charge is 0.491 e. The number of nitrogens with zero attached hydrogens (tertiary/aromatic N) is 3. The quantitative estimate of drug-likeness (QED) is 0.816. The van der Waals surface area contributed by atoms with E-state index >= 15 is 0 Å². The molecule has 0 bridgehead atoms. The minimum absolute atomic E-state index is 0.255. The lowest BCUT2D eigenvalue weighted by Crippen LogP contribution is -2.41. The Morgan fingerprint density at radius 2 is 2.00 bits per heavy atom. The molecule has 0 unspecified atom stereocenters. The topological polar surface area (TPSA) is 47.5 Å². The lowest BCUT2D eigenvalue weighted by Gasteiger charge is -2.28. The smallest absolute Gasteiger partial charge is 0.125 e. The van der Waals surface area contributed by atoms with E-state index in [0.29, 0.717) is 6.61 Å². The molecular formula is C19H25N3O2. The monoisotopic (exact) mass is 327 g/mol. The third kappa shape index (κ3) is 4.10. The predicted octanol–water partition coefficient (Wildman–Crippen LogP) is 2.76. The molecule has 3 rings (SSSR count). The van der Waals surface area contributed by atoms with Gasteiger partial charge in [0.05, 0.1) is 0 Å². The van der Waals surface area contributed by atoms with Crippen LogP contribution in [0.1, 0.15) is 23.4 Å². The maximum Gasteiger partial charge on any atom is 0.125 e. The fraction of sp³-hybridized carbons (Fsp3) is 0.474. The summed E-state index contributed by atoms with van der Waals surface area (Å²) in [5, 5.41) is 0. The highest BCUT2D eigenvalue weighted by atomic mass is 16.5. The van der Waals surface area contributed by atoms with Gasteiger partial charge >= 0.3 is 0 Å². The Morgan fingerprint density at radius 3 is 2.71 bits per heavy atom. The van der Waals surface area contributed by atoms with E-state index in [9.17, 15) is 0 Å². The molecular weight excluding hydrogens is 302 g/mol. The molecule has 1 atom stereocenters. The average Bonchev–Trinajstić information content (AvgIpc) is 2.99. The summed E-state index contributed by atoms with van der Waals surface area (Å²) in [6, 6.07) is 8.13. The predicted molar refractivity (Wildman–Crippen MR) is 93.1 cm³/mol. The number of ether oxygens (including phenoxy) is 2. The van der Waals surface area contributed by atoms with Crippen molar-refractivity contribution >= 4 is 0 Å². The van der Waals surface area contributed by atoms with E-state index in [1.165, 1.54) is 5.56 Å². The number of benzene rings is 1. The molecule has 128 valence electrons. The molecule has 2 heterocycles. The van der Waals surface area contributed by atoms with E-state index in [1.807, 2.05) is 31.5 Å². The van der Waals surface area contributed by atoms with Gasteiger partial charge in [-0.25, -0.2) is 9.97 Å². The van der Waals surface area contributed by atoms with E-state index in [0.717, 1.165) is 43.2 Å². The van der Waals surface area contributed by atoms with Gasteiger partial charge in [0, 0.05) is 44.7 Å². The number of likely N-dealkylation sites (tertiary alicyclic amines) is 1. The van der Waals surface area contributed by atoms with Gasteiger partial charge in [0.1, 0.15) is 23.8 Å². The van der Waals surface area contributed by atoms with Gasteiger partial charge in [-0.05, 0) is 38.0 Å². The van der Waals surface area contributed by atoms with Crippen molar-refractivity contribution in [3.8, 4) is 5.75 Å². The normalized spacial score (nSPS) is 21.1. The zero-order chi connectivity index (χ0) is 17.0. The first-order chi connectivity index (χ1) is 11.6. The average molecular weight is 327 g/mol. The van der Waals surface area contributed by atoms with Gasteiger partial charge in [-0.3, -0.25) is 4.90 Å². The molecule has 0 saturated carbocycles. The van der Waals surface area contributed by atoms with E-state index in [2.05, 4.69) is 33.9 Å². The molecule has 1 saturated heterocycles. The van der Waals surface area contributed by atoms with Crippen molar-refractivity contribution in [2.45, 2.75) is 32.4 Å². The third-order valence-corrected chi connectivity index (χ3v) is 4.56. The summed E-state index contributed by atoms with van der Waals surface area (Å²) in [7, 11) is 1.78. The van der Waals surface area contributed by atoms with Gasteiger partial charge in [0.15, 0.2) is 0 Å². The first kappa shape index (κ1) is 16.9. The number of hydrogen-bond acceptors (Lipinski definition) is 5. The Kier molecular flexibility index (Phi) is 5.11. The van der Waals surface area contributed by atoms with Crippen molar-refractivity contribution in [3.05, 3.63) is 53.6 Å². The Morgan fingerprint density at radius 1 is 1.21 bits per heavy atom. The molecule has 2 aromatic rings. The second-order valence-corrected chi connectivity index (χ2v) is 6.59. The number of aromatic nitrogens is 2. The maximum atomic E-state index is 6.00. The third-order valence-electron chi connectivity index (χ3n) is 4.56. The van der Waals surface area contributed by atoms with E-state index < -0.39 is 0 Å². The highest BCUT2D eigenvalue weighted by molar-refractivity contribution is 5.27. The molecule has 1 aromatic carbocycles. The minimum atomic E-state index is -0.255. The summed E-state index contributed by atoms with van der Waals surface area (Å²) in [6.07, 6.45) is 4.76. The molecule has 0 spiro atoms. The van der Waals surface area contributed by atoms with Crippen molar-refractivity contribution in [1.29, 1.82) is 0 Å². The first-order valence-corrected chi connectivity index (χ1v) is 8.33. The van der Waals surface area contributed by atoms with Crippen molar-refractivity contribution < 1.29 is 9.47 Å². The summed E-state index contributed by atoms with van der Waals surface area (Å²) >= 11 is 0. The number of hydrogen-bond donors (Lipinski definition) is 0. The maximum absolute atomic E-state index is 6.00. The number of rotatable bonds is 6. The van der Waals surface area contributed by atoms with E-state index in [4.69, 9.17) is 9.47 Å². The van der Waals surface area contributed by atoms with Crippen LogP contribution in [-0.4, -0.2) is 47.3 Å². The highest BCUT2D eigenvalue weighted by Crippen LogP contribution is 2.27. The fourth-order valence-corrected chi connectivity index (χ4v) is 3.08. The highest BCUT2D eigenvalue weighted by Gasteiger charge is 2.39. The Hall–Kier alpha value is -1.98. The van der Waals surface area contributed by atoms with Crippen LogP contribution in [0.4, 0.5) is 0 Å². The number of aryl methyl sites for hydroxylation is 2. The molecule has 1 aromatic heterocycles. The van der Waals surface area contributed by atoms with Gasteiger partial charge in [-0.1, -0.05) is 12.1 Å². The SMILES string of the molecule is CO[C@]1(COc2cccc(C)c2)CCN(Cc2cnc(C)nc2)C1. The molecule has 5 heteroatoms. The molecule has 1 fully saturated rings. The van der Waals surface area contributed by atoms with Crippen LogP contribution >= 0.6 is 0 Å². The van der Waals surface area contributed by atoms with Gasteiger partial charge in [-0.15, -0.1) is 0 Å². The van der Waals surface area contributed by atoms with E-state index in [1.54, 1.807) is 7.11 Å². The molecule has 5 nitrogen and oxygen atoms in total. The van der Waals surface area contributed by atoms with Gasteiger partial charge in [0.2, 0.25) is 0 Å². The minimum Gasteiger partial charge on any atom is -0.491 e. The molecule has 0 radical (unpaired) electrons. The zero-order valence-corrected chi connectivity index (χ0v) is 14.7. The van der Waals surface area contributed by atoms with Gasteiger partial charge in [-0.2, -0.15) is 0 Å². The van der Waals surface area contributed by atoms with Crippen LogP contribution < -0.4 is 4.74 Å². The number of methoxy groups -OCH3 is 1. The standard InChI is InChI=1S/C19H25N3O2/c1-15-5-4-6-18(9-15)24-14-19(23-3)7-8-22(13-19)12-17-10-20-16(2)21-11-17/h4-6,9-11H,7-8,12-14H2,1-3H3/t19-/m1/s1. The van der Waals surface area contributed by atoms with Crippen molar-refractivity contribution in [3.63, 3.8) is 0 Å². The Balaban J connectivity index is 1.59. The summed E-state index contributed by atoms with van der Waals surface area (Å²) in [4.78, 5) is 10.9. The Labute approximate surface area is 143 Å². The fourth-order valence-electron chi connectivity index (χ4n) is 3.08. The van der Waals surface area contributed by atoms with Crippen LogP contribution in [0.3, 0.4) is 0 Å². The second-order valence-electron chi connectivity index (χ2n) is 6.59. The lowest BCUT2D eigenvalue weighted by molar-refractivity contribution is -0.0359. The van der Waals surface area contributed by atoms with Crippen LogP contribution in [0.25, 0.3) is 0 Å². The molecule has 24 heavy (non-hydrogen) atoms. The van der Waals surface area contributed by atoms with E-state index in [-0.39, 0.29) is 5.60 Å². The van der Waals surface area contributed by atoms with Crippen LogP contribution in [-0.2, 0) is 11.3 Å². The first-order valence-electron chi connectivity index (χ1n) is 8.33. The summed E-state index contributed by atoms with van der Waals surface area (Å²) in [5.74, 6) is 1.70. The Bertz CT molecular complexity index is 675. The zero-order valence-electron chi connectivity index (χ0n) is 14.7. The summed E-state index contributed by atoms with van der Waals surface area (Å²) < 4.78 is 11.8. The van der Waals surface area contributed by atoms with Crippen LogP contribution in [0.15, 0.2) is 36.7 Å².